The van der Waals surface area contributed by atoms with Crippen LogP contribution in [0.5, 0.6) is 0 Å². The van der Waals surface area contributed by atoms with Crippen molar-refractivity contribution in [3.63, 3.8) is 0 Å². The van der Waals surface area contributed by atoms with Crippen molar-refractivity contribution in [2.24, 2.45) is 0 Å². The maximum absolute atomic E-state index is 12.4. The highest BCUT2D eigenvalue weighted by Gasteiger charge is 2.16. The van der Waals surface area contributed by atoms with Crippen LogP contribution in [0.4, 0.5) is 0 Å². The van der Waals surface area contributed by atoms with E-state index in [1.807, 2.05) is 54.6 Å². The minimum Gasteiger partial charge on any atom is -0.289 e. The van der Waals surface area contributed by atoms with Gasteiger partial charge >= 0.3 is 0 Å². The molecule has 0 spiro atoms. The Labute approximate surface area is 160 Å². The first kappa shape index (κ1) is 17.0. The Morgan fingerprint density at radius 3 is 1.93 bits per heavy atom. The minimum atomic E-state index is 0.0503. The first-order valence-electron chi connectivity index (χ1n) is 9.13. The molecule has 1 aliphatic rings. The Hall–Kier alpha value is -3.45. The molecule has 0 N–H and O–H groups in total. The zero-order chi connectivity index (χ0) is 18.5. The van der Waals surface area contributed by atoms with Gasteiger partial charge in [0.05, 0.1) is 0 Å². The largest absolute Gasteiger partial charge is 0.289 e. The molecule has 3 aromatic carbocycles. The van der Waals surface area contributed by atoms with Crippen molar-refractivity contribution in [2.45, 2.75) is 5.92 Å². The maximum atomic E-state index is 12.4. The molecule has 0 aliphatic heterocycles. The van der Waals surface area contributed by atoms with Gasteiger partial charge in [0.15, 0.2) is 5.78 Å². The van der Waals surface area contributed by atoms with Crippen LogP contribution in [0.1, 0.15) is 28.2 Å². The Kier molecular flexibility index (Phi) is 4.93. The summed E-state index contributed by atoms with van der Waals surface area (Å²) in [5, 5.41) is 0. The van der Waals surface area contributed by atoms with E-state index in [9.17, 15) is 4.79 Å². The van der Waals surface area contributed by atoms with Crippen LogP contribution in [-0.4, -0.2) is 5.78 Å². The Balaban J connectivity index is 1.70. The van der Waals surface area contributed by atoms with E-state index < -0.39 is 0 Å². The Bertz CT molecular complexity index is 985. The standard InChI is InChI=1S/C26H20O/c27-26-19-18-22-14-7-8-15-24(22)25(26)17-9-16-23(20-10-3-1-4-11-20)21-12-5-2-6-13-21/h1-19,23H/b16-9-,25-17-. The van der Waals surface area contributed by atoms with Gasteiger partial charge in [-0.1, -0.05) is 109 Å². The number of ketones is 1. The minimum absolute atomic E-state index is 0.0503. The van der Waals surface area contributed by atoms with Crippen LogP contribution < -0.4 is 0 Å². The van der Waals surface area contributed by atoms with E-state index in [1.54, 1.807) is 6.08 Å². The van der Waals surface area contributed by atoms with Crippen molar-refractivity contribution in [1.82, 2.24) is 0 Å². The highest BCUT2D eigenvalue weighted by molar-refractivity contribution is 6.30. The SMILES string of the molecule is O=C1C=Cc2ccccc2/C1=C/C=C\C(c1ccccc1)c1ccccc1. The molecule has 3 aromatic rings. The number of carbonyl (C=O) groups is 1. The summed E-state index contributed by atoms with van der Waals surface area (Å²) in [5.41, 5.74) is 5.27. The maximum Gasteiger partial charge on any atom is 0.186 e. The summed E-state index contributed by atoms with van der Waals surface area (Å²) in [7, 11) is 0. The van der Waals surface area contributed by atoms with E-state index in [4.69, 9.17) is 0 Å². The van der Waals surface area contributed by atoms with Gasteiger partial charge in [-0.25, -0.2) is 0 Å². The van der Waals surface area contributed by atoms with Gasteiger partial charge in [-0.05, 0) is 28.3 Å². The van der Waals surface area contributed by atoms with Crippen molar-refractivity contribution in [3.8, 4) is 0 Å². The number of benzene rings is 3. The van der Waals surface area contributed by atoms with E-state index >= 15 is 0 Å². The van der Waals surface area contributed by atoms with Crippen molar-refractivity contribution in [2.75, 3.05) is 0 Å². The van der Waals surface area contributed by atoms with Gasteiger partial charge in [-0.3, -0.25) is 4.79 Å². The molecule has 0 aromatic heterocycles. The lowest BCUT2D eigenvalue weighted by molar-refractivity contribution is -0.109. The van der Waals surface area contributed by atoms with Crippen molar-refractivity contribution in [1.29, 1.82) is 0 Å². The monoisotopic (exact) mass is 348 g/mol. The third kappa shape index (κ3) is 3.73. The predicted octanol–water partition coefficient (Wildman–Crippen LogP) is 6.05. The van der Waals surface area contributed by atoms with Crippen molar-refractivity contribution in [3.05, 3.63) is 131 Å². The van der Waals surface area contributed by atoms with Gasteiger partial charge in [0.25, 0.3) is 0 Å². The van der Waals surface area contributed by atoms with Crippen molar-refractivity contribution >= 4 is 17.4 Å². The number of rotatable bonds is 4. The molecular formula is C26H20O. The molecule has 0 fully saturated rings. The van der Waals surface area contributed by atoms with Crippen molar-refractivity contribution < 1.29 is 4.79 Å². The molecule has 27 heavy (non-hydrogen) atoms. The third-order valence-electron chi connectivity index (χ3n) is 4.81. The first-order chi connectivity index (χ1) is 13.3. The van der Waals surface area contributed by atoms with Gasteiger partial charge in [0, 0.05) is 11.5 Å². The van der Waals surface area contributed by atoms with Gasteiger partial charge in [0.2, 0.25) is 0 Å². The van der Waals surface area contributed by atoms with E-state index in [-0.39, 0.29) is 11.7 Å². The molecule has 130 valence electrons. The van der Waals surface area contributed by atoms with Gasteiger partial charge < -0.3 is 0 Å². The van der Waals surface area contributed by atoms with Crippen LogP contribution in [0, 0.1) is 0 Å². The van der Waals surface area contributed by atoms with Crippen LogP contribution in [-0.2, 0) is 4.79 Å². The van der Waals surface area contributed by atoms with E-state index in [0.29, 0.717) is 0 Å². The quantitative estimate of drug-likeness (QED) is 0.524. The summed E-state index contributed by atoms with van der Waals surface area (Å²) in [6.07, 6.45) is 9.63. The summed E-state index contributed by atoms with van der Waals surface area (Å²) in [4.78, 5) is 12.4. The van der Waals surface area contributed by atoms with Gasteiger partial charge in [-0.2, -0.15) is 0 Å². The molecular weight excluding hydrogens is 328 g/mol. The first-order valence-corrected chi connectivity index (χ1v) is 9.13. The van der Waals surface area contributed by atoms with Crippen LogP contribution in [0.25, 0.3) is 11.6 Å². The second-order valence-corrected chi connectivity index (χ2v) is 6.55. The molecule has 0 radical (unpaired) electrons. The lowest BCUT2D eigenvalue weighted by Crippen LogP contribution is -2.04. The molecule has 0 amide bonds. The van der Waals surface area contributed by atoms with Gasteiger partial charge in [-0.15, -0.1) is 0 Å². The highest BCUT2D eigenvalue weighted by atomic mass is 16.1. The second-order valence-electron chi connectivity index (χ2n) is 6.55. The summed E-state index contributed by atoms with van der Waals surface area (Å²) in [5.74, 6) is 0.197. The fourth-order valence-electron chi connectivity index (χ4n) is 3.45. The van der Waals surface area contributed by atoms with Gasteiger partial charge in [0.1, 0.15) is 0 Å². The summed E-state index contributed by atoms with van der Waals surface area (Å²) >= 11 is 0. The van der Waals surface area contributed by atoms with E-state index in [1.165, 1.54) is 11.1 Å². The number of hydrogen-bond acceptors (Lipinski definition) is 1. The molecule has 1 nitrogen and oxygen atoms in total. The van der Waals surface area contributed by atoms with E-state index in [2.05, 4.69) is 54.6 Å². The van der Waals surface area contributed by atoms with E-state index in [0.717, 1.165) is 16.7 Å². The molecule has 4 rings (SSSR count). The number of hydrogen-bond donors (Lipinski definition) is 0. The predicted molar refractivity (Wildman–Crippen MR) is 112 cm³/mol. The molecule has 0 saturated heterocycles. The Morgan fingerprint density at radius 1 is 0.667 bits per heavy atom. The van der Waals surface area contributed by atoms with Crippen LogP contribution >= 0.6 is 0 Å². The number of fused-ring (bicyclic) bond motifs is 1. The molecule has 0 unspecified atom stereocenters. The highest BCUT2D eigenvalue weighted by Crippen LogP contribution is 2.28. The fraction of sp³-hybridized carbons (Fsp3) is 0.0385. The zero-order valence-corrected chi connectivity index (χ0v) is 15.0. The average molecular weight is 348 g/mol. The molecule has 0 atom stereocenters. The summed E-state index contributed by atoms with van der Waals surface area (Å²) in [6.45, 7) is 0. The number of allylic oxidation sites excluding steroid dienone is 5. The molecule has 0 bridgehead atoms. The Morgan fingerprint density at radius 2 is 1.26 bits per heavy atom. The molecule has 0 saturated carbocycles. The zero-order valence-electron chi connectivity index (χ0n) is 15.0. The fourth-order valence-corrected chi connectivity index (χ4v) is 3.45. The average Bonchev–Trinajstić information content (AvgIpc) is 2.74. The van der Waals surface area contributed by atoms with Crippen LogP contribution in [0.2, 0.25) is 0 Å². The normalized spacial score (nSPS) is 14.9. The topological polar surface area (TPSA) is 17.1 Å². The summed E-state index contributed by atoms with van der Waals surface area (Å²) in [6, 6.07) is 28.8. The molecule has 1 heteroatoms. The lowest BCUT2D eigenvalue weighted by Gasteiger charge is -2.14. The number of carbonyl (C=O) groups excluding carboxylic acids is 1. The smallest absolute Gasteiger partial charge is 0.186 e. The summed E-state index contributed by atoms with van der Waals surface area (Å²) < 4.78 is 0. The van der Waals surface area contributed by atoms with Crippen LogP contribution in [0.3, 0.4) is 0 Å². The van der Waals surface area contributed by atoms with Crippen LogP contribution in [0.15, 0.2) is 109 Å². The molecule has 1 aliphatic carbocycles. The third-order valence-corrected chi connectivity index (χ3v) is 4.81. The lowest BCUT2D eigenvalue weighted by atomic mass is 9.89. The second kappa shape index (κ2) is 7.84. The molecule has 0 heterocycles.